The zero-order chi connectivity index (χ0) is 9.30. The van der Waals surface area contributed by atoms with E-state index < -0.39 is 0 Å². The van der Waals surface area contributed by atoms with Crippen LogP contribution in [0.4, 0.5) is 5.69 Å². The van der Waals surface area contributed by atoms with E-state index in [9.17, 15) is 4.79 Å². The first-order chi connectivity index (χ1) is 5.57. The Bertz CT molecular complexity index is 314. The van der Waals surface area contributed by atoms with Crippen molar-refractivity contribution < 1.29 is 4.79 Å². The Labute approximate surface area is 71.4 Å². The van der Waals surface area contributed by atoms with Gasteiger partial charge in [-0.3, -0.25) is 4.79 Å². The number of nitrogens with one attached hydrogen (secondary N) is 1. The number of rotatable bonds is 1. The molecule has 0 saturated carbocycles. The lowest BCUT2D eigenvalue weighted by Crippen LogP contribution is -2.22. The first kappa shape index (κ1) is 8.64. The number of amides is 1. The highest BCUT2D eigenvalue weighted by Gasteiger charge is 2.13. The van der Waals surface area contributed by atoms with Gasteiger partial charge < -0.3 is 15.6 Å². The van der Waals surface area contributed by atoms with Crippen molar-refractivity contribution in [3.05, 3.63) is 17.5 Å². The Morgan fingerprint density at radius 3 is 2.58 bits per heavy atom. The first-order valence-electron chi connectivity index (χ1n) is 3.71. The van der Waals surface area contributed by atoms with Crippen LogP contribution in [0.25, 0.3) is 0 Å². The van der Waals surface area contributed by atoms with E-state index in [1.165, 1.54) is 0 Å². The van der Waals surface area contributed by atoms with Gasteiger partial charge in [-0.05, 0) is 13.0 Å². The molecule has 66 valence electrons. The number of aryl methyl sites for hydroxylation is 1. The molecule has 0 aliphatic rings. The summed E-state index contributed by atoms with van der Waals surface area (Å²) < 4.78 is 1.77. The Hall–Kier alpha value is -1.45. The number of carbonyl (C=O) groups is 1. The second kappa shape index (κ2) is 2.89. The zero-order valence-corrected chi connectivity index (χ0v) is 7.51. The third-order valence-corrected chi connectivity index (χ3v) is 1.94. The molecule has 3 N–H and O–H groups in total. The monoisotopic (exact) mass is 167 g/mol. The summed E-state index contributed by atoms with van der Waals surface area (Å²) in [4.78, 5) is 11.3. The van der Waals surface area contributed by atoms with Crippen LogP contribution in [0.15, 0.2) is 6.07 Å². The van der Waals surface area contributed by atoms with E-state index in [4.69, 9.17) is 5.73 Å². The predicted octanol–water partition coefficient (Wildman–Crippen LogP) is 0.275. The van der Waals surface area contributed by atoms with Gasteiger partial charge in [0.05, 0.1) is 5.69 Å². The Balaban J connectivity index is 3.22. The molecule has 1 heterocycles. The number of anilines is 1. The molecule has 0 bridgehead atoms. The molecule has 4 nitrogen and oxygen atoms in total. The lowest BCUT2D eigenvalue weighted by atomic mass is 10.3. The maximum absolute atomic E-state index is 11.3. The van der Waals surface area contributed by atoms with Crippen LogP contribution in [0, 0.1) is 6.92 Å². The van der Waals surface area contributed by atoms with E-state index in [-0.39, 0.29) is 5.91 Å². The average molecular weight is 167 g/mol. The summed E-state index contributed by atoms with van der Waals surface area (Å²) in [6.07, 6.45) is 0. The lowest BCUT2D eigenvalue weighted by molar-refractivity contribution is 0.0956. The van der Waals surface area contributed by atoms with Crippen LogP contribution in [0.3, 0.4) is 0 Å². The zero-order valence-electron chi connectivity index (χ0n) is 7.51. The van der Waals surface area contributed by atoms with Gasteiger partial charge in [0, 0.05) is 19.8 Å². The van der Waals surface area contributed by atoms with E-state index in [0.29, 0.717) is 11.4 Å². The van der Waals surface area contributed by atoms with E-state index >= 15 is 0 Å². The maximum Gasteiger partial charge on any atom is 0.269 e. The van der Waals surface area contributed by atoms with E-state index in [2.05, 4.69) is 5.32 Å². The Morgan fingerprint density at radius 2 is 2.25 bits per heavy atom. The number of nitrogens with zero attached hydrogens (tertiary/aromatic N) is 1. The van der Waals surface area contributed by atoms with Crippen molar-refractivity contribution in [3.8, 4) is 0 Å². The summed E-state index contributed by atoms with van der Waals surface area (Å²) >= 11 is 0. The SMILES string of the molecule is CNC(=O)c1c(N)cc(C)n1C. The fraction of sp³-hybridized carbons (Fsp3) is 0.375. The van der Waals surface area contributed by atoms with Crippen LogP contribution in [-0.2, 0) is 7.05 Å². The molecule has 1 aromatic heterocycles. The van der Waals surface area contributed by atoms with Crippen molar-refractivity contribution in [2.75, 3.05) is 12.8 Å². The van der Waals surface area contributed by atoms with Crippen molar-refractivity contribution in [2.24, 2.45) is 7.05 Å². The molecule has 0 spiro atoms. The molecule has 1 rings (SSSR count). The van der Waals surface area contributed by atoms with Gasteiger partial charge in [0.2, 0.25) is 0 Å². The number of nitrogen functional groups attached to an aromatic ring is 1. The summed E-state index contributed by atoms with van der Waals surface area (Å²) in [5.74, 6) is -0.150. The van der Waals surface area contributed by atoms with E-state index in [1.54, 1.807) is 17.7 Å². The largest absolute Gasteiger partial charge is 0.397 e. The van der Waals surface area contributed by atoms with Gasteiger partial charge in [-0.1, -0.05) is 0 Å². The number of aromatic nitrogens is 1. The minimum Gasteiger partial charge on any atom is -0.397 e. The highest BCUT2D eigenvalue weighted by atomic mass is 16.1. The summed E-state index contributed by atoms with van der Waals surface area (Å²) in [5, 5.41) is 2.54. The topological polar surface area (TPSA) is 60.1 Å². The van der Waals surface area contributed by atoms with E-state index in [0.717, 1.165) is 5.69 Å². The second-order valence-electron chi connectivity index (χ2n) is 2.73. The van der Waals surface area contributed by atoms with Crippen LogP contribution in [0.2, 0.25) is 0 Å². The Morgan fingerprint density at radius 1 is 1.67 bits per heavy atom. The van der Waals surface area contributed by atoms with Crippen molar-refractivity contribution in [1.82, 2.24) is 9.88 Å². The van der Waals surface area contributed by atoms with Crippen molar-refractivity contribution in [2.45, 2.75) is 6.92 Å². The molecular formula is C8H13N3O. The molecule has 0 aromatic carbocycles. The minimum atomic E-state index is -0.150. The van der Waals surface area contributed by atoms with Crippen LogP contribution in [-0.4, -0.2) is 17.5 Å². The van der Waals surface area contributed by atoms with E-state index in [1.807, 2.05) is 14.0 Å². The van der Waals surface area contributed by atoms with Gasteiger partial charge in [-0.2, -0.15) is 0 Å². The third-order valence-electron chi connectivity index (χ3n) is 1.94. The predicted molar refractivity (Wildman–Crippen MR) is 48.0 cm³/mol. The highest BCUT2D eigenvalue weighted by Crippen LogP contribution is 2.15. The molecule has 12 heavy (non-hydrogen) atoms. The molecule has 0 fully saturated rings. The van der Waals surface area contributed by atoms with Crippen molar-refractivity contribution in [1.29, 1.82) is 0 Å². The first-order valence-corrected chi connectivity index (χ1v) is 3.71. The van der Waals surface area contributed by atoms with Gasteiger partial charge >= 0.3 is 0 Å². The molecule has 0 radical (unpaired) electrons. The van der Waals surface area contributed by atoms with Crippen LogP contribution < -0.4 is 11.1 Å². The van der Waals surface area contributed by atoms with Crippen LogP contribution in [0.1, 0.15) is 16.2 Å². The molecule has 4 heteroatoms. The molecule has 1 amide bonds. The standard InChI is InChI=1S/C8H13N3O/c1-5-4-6(9)7(11(5)3)8(12)10-2/h4H,9H2,1-3H3,(H,10,12). The fourth-order valence-corrected chi connectivity index (χ4v) is 1.16. The number of nitrogens with two attached hydrogens (primary N) is 1. The van der Waals surface area contributed by atoms with Gasteiger partial charge in [0.1, 0.15) is 5.69 Å². The summed E-state index contributed by atoms with van der Waals surface area (Å²) in [5.41, 5.74) is 7.66. The fourth-order valence-electron chi connectivity index (χ4n) is 1.16. The van der Waals surface area contributed by atoms with Gasteiger partial charge in [-0.25, -0.2) is 0 Å². The number of hydrogen-bond donors (Lipinski definition) is 2. The molecule has 0 atom stereocenters. The Kier molecular flexibility index (Phi) is 2.08. The summed E-state index contributed by atoms with van der Waals surface area (Å²) in [6, 6.07) is 1.78. The normalized spacial score (nSPS) is 9.92. The molecule has 0 aliphatic heterocycles. The third kappa shape index (κ3) is 1.15. The van der Waals surface area contributed by atoms with Gasteiger partial charge in [0.25, 0.3) is 5.91 Å². The molecule has 0 saturated heterocycles. The average Bonchev–Trinajstić information content (AvgIpc) is 2.26. The molecule has 1 aromatic rings. The molecular weight excluding hydrogens is 154 g/mol. The molecule has 0 unspecified atom stereocenters. The summed E-state index contributed by atoms with van der Waals surface area (Å²) in [7, 11) is 3.40. The lowest BCUT2D eigenvalue weighted by Gasteiger charge is -2.03. The van der Waals surface area contributed by atoms with Gasteiger partial charge in [-0.15, -0.1) is 0 Å². The highest BCUT2D eigenvalue weighted by molar-refractivity contribution is 5.97. The smallest absolute Gasteiger partial charge is 0.269 e. The molecule has 0 aliphatic carbocycles. The van der Waals surface area contributed by atoms with Crippen LogP contribution >= 0.6 is 0 Å². The van der Waals surface area contributed by atoms with Crippen molar-refractivity contribution in [3.63, 3.8) is 0 Å². The maximum atomic E-state index is 11.3. The number of carbonyl (C=O) groups excluding carboxylic acids is 1. The van der Waals surface area contributed by atoms with Gasteiger partial charge in [0.15, 0.2) is 0 Å². The number of hydrogen-bond acceptors (Lipinski definition) is 2. The van der Waals surface area contributed by atoms with Crippen molar-refractivity contribution >= 4 is 11.6 Å². The summed E-state index contributed by atoms with van der Waals surface area (Å²) in [6.45, 7) is 1.91. The van der Waals surface area contributed by atoms with Crippen LogP contribution in [0.5, 0.6) is 0 Å². The minimum absolute atomic E-state index is 0.150. The quantitative estimate of drug-likeness (QED) is 0.631. The second-order valence-corrected chi connectivity index (χ2v) is 2.73.